The molecule has 0 fully saturated rings. The summed E-state index contributed by atoms with van der Waals surface area (Å²) in [4.78, 5) is 16.9. The Morgan fingerprint density at radius 2 is 2.11 bits per heavy atom. The molecular weight excluding hydrogens is 398 g/mol. The number of hydrogen-bond donors (Lipinski definition) is 2. The summed E-state index contributed by atoms with van der Waals surface area (Å²) in [6.07, 6.45) is 5.08. The fourth-order valence-corrected chi connectivity index (χ4v) is 4.28. The van der Waals surface area contributed by atoms with E-state index in [0.29, 0.717) is 11.7 Å². The maximum atomic E-state index is 12.5. The molecule has 28 heavy (non-hydrogen) atoms. The highest BCUT2D eigenvalue weighted by Gasteiger charge is 2.16. The zero-order chi connectivity index (χ0) is 20.1. The molecule has 7 nitrogen and oxygen atoms in total. The summed E-state index contributed by atoms with van der Waals surface area (Å²) in [6, 6.07) is 11.2. The Morgan fingerprint density at radius 3 is 2.86 bits per heavy atom. The second-order valence-electron chi connectivity index (χ2n) is 5.59. The molecule has 144 valence electrons. The summed E-state index contributed by atoms with van der Waals surface area (Å²) in [5, 5.41) is 3.11. The summed E-state index contributed by atoms with van der Waals surface area (Å²) < 4.78 is 32.9. The van der Waals surface area contributed by atoms with Crippen molar-refractivity contribution in [1.29, 1.82) is 0 Å². The second kappa shape index (κ2) is 8.39. The van der Waals surface area contributed by atoms with Gasteiger partial charge in [0.05, 0.1) is 28.3 Å². The Balaban J connectivity index is 1.80. The minimum atomic E-state index is -3.78. The minimum absolute atomic E-state index is 0.0407. The van der Waals surface area contributed by atoms with Gasteiger partial charge in [-0.15, -0.1) is 6.42 Å². The molecule has 9 heteroatoms. The summed E-state index contributed by atoms with van der Waals surface area (Å²) in [5.41, 5.74) is 0.927. The van der Waals surface area contributed by atoms with Crippen LogP contribution >= 0.6 is 11.3 Å². The Morgan fingerprint density at radius 1 is 1.29 bits per heavy atom. The number of rotatable bonds is 7. The van der Waals surface area contributed by atoms with E-state index in [0.717, 1.165) is 16.0 Å². The maximum Gasteiger partial charge on any atom is 0.257 e. The van der Waals surface area contributed by atoms with Gasteiger partial charge < -0.3 is 4.74 Å². The van der Waals surface area contributed by atoms with Gasteiger partial charge in [0.2, 0.25) is 10.0 Å². The smallest absolute Gasteiger partial charge is 0.257 e. The second-order valence-corrected chi connectivity index (χ2v) is 8.39. The van der Waals surface area contributed by atoms with Crippen molar-refractivity contribution < 1.29 is 17.9 Å². The Labute approximate surface area is 166 Å². The number of sulfonamides is 1. The van der Waals surface area contributed by atoms with E-state index in [-0.39, 0.29) is 17.0 Å². The van der Waals surface area contributed by atoms with E-state index in [2.05, 4.69) is 20.9 Å². The van der Waals surface area contributed by atoms with Crippen molar-refractivity contribution in [2.45, 2.75) is 11.8 Å². The van der Waals surface area contributed by atoms with Crippen molar-refractivity contribution in [2.24, 2.45) is 0 Å². The van der Waals surface area contributed by atoms with Crippen LogP contribution in [0.5, 0.6) is 5.75 Å². The molecular formula is C19H17N3O4S2. The predicted octanol–water partition coefficient (Wildman–Crippen LogP) is 2.86. The van der Waals surface area contributed by atoms with Gasteiger partial charge in [-0.1, -0.05) is 23.3 Å². The molecule has 2 N–H and O–H groups in total. The topological polar surface area (TPSA) is 97.4 Å². The zero-order valence-electron chi connectivity index (χ0n) is 14.9. The zero-order valence-corrected chi connectivity index (χ0v) is 16.6. The van der Waals surface area contributed by atoms with Gasteiger partial charge in [-0.2, -0.15) is 4.72 Å². The lowest BCUT2D eigenvalue weighted by atomic mass is 10.2. The third-order valence-corrected chi connectivity index (χ3v) is 5.99. The van der Waals surface area contributed by atoms with Crippen molar-refractivity contribution in [1.82, 2.24) is 9.71 Å². The SMILES string of the molecule is C#CCNS(=O)(=O)c1cccc(C(=O)Nc2nc3ccc(OCC)cc3s2)c1. The standard InChI is InChI=1S/C19H17N3O4S2/c1-3-10-20-28(24,25)15-7-5-6-13(11-15)18(23)22-19-21-16-9-8-14(26-4-2)12-17(16)27-19/h1,5-9,11-12,20H,4,10H2,2H3,(H,21,22,23). The molecule has 0 aliphatic rings. The van der Waals surface area contributed by atoms with Crippen LogP contribution in [0.1, 0.15) is 17.3 Å². The molecule has 0 spiro atoms. The number of nitrogens with one attached hydrogen (secondary N) is 2. The third-order valence-electron chi connectivity index (χ3n) is 3.66. The molecule has 0 saturated carbocycles. The third kappa shape index (κ3) is 4.48. The van der Waals surface area contributed by atoms with Crippen LogP contribution in [0.3, 0.4) is 0 Å². The van der Waals surface area contributed by atoms with Crippen molar-refractivity contribution >= 4 is 42.6 Å². The number of aromatic nitrogens is 1. The van der Waals surface area contributed by atoms with Crippen LogP contribution in [-0.2, 0) is 10.0 Å². The summed E-state index contributed by atoms with van der Waals surface area (Å²) >= 11 is 1.31. The van der Waals surface area contributed by atoms with Crippen molar-refractivity contribution in [3.8, 4) is 18.1 Å². The van der Waals surface area contributed by atoms with Gasteiger partial charge in [0, 0.05) is 5.56 Å². The first kappa shape index (κ1) is 19.8. The van der Waals surface area contributed by atoms with Crippen LogP contribution in [-0.4, -0.2) is 32.5 Å². The van der Waals surface area contributed by atoms with Gasteiger partial charge >= 0.3 is 0 Å². The van der Waals surface area contributed by atoms with Crippen LogP contribution in [0.2, 0.25) is 0 Å². The van der Waals surface area contributed by atoms with Gasteiger partial charge in [0.25, 0.3) is 5.91 Å². The van der Waals surface area contributed by atoms with E-state index >= 15 is 0 Å². The van der Waals surface area contributed by atoms with Gasteiger partial charge in [-0.25, -0.2) is 13.4 Å². The number of carbonyl (C=O) groups excluding carboxylic acids is 1. The summed E-state index contributed by atoms with van der Waals surface area (Å²) in [6.45, 7) is 2.33. The Hall–Kier alpha value is -2.93. The lowest BCUT2D eigenvalue weighted by Crippen LogP contribution is -2.24. The van der Waals surface area contributed by atoms with E-state index in [9.17, 15) is 13.2 Å². The monoisotopic (exact) mass is 415 g/mol. The molecule has 0 bridgehead atoms. The number of terminal acetylenes is 1. The van der Waals surface area contributed by atoms with E-state index in [1.54, 1.807) is 0 Å². The highest BCUT2D eigenvalue weighted by Crippen LogP contribution is 2.29. The number of carbonyl (C=O) groups is 1. The number of thiazole rings is 1. The van der Waals surface area contributed by atoms with Crippen LogP contribution in [0.25, 0.3) is 10.2 Å². The normalized spacial score (nSPS) is 11.1. The first-order chi connectivity index (χ1) is 13.4. The number of nitrogens with zero attached hydrogens (tertiary/aromatic N) is 1. The lowest BCUT2D eigenvalue weighted by molar-refractivity contribution is 0.102. The first-order valence-electron chi connectivity index (χ1n) is 8.31. The first-order valence-corrected chi connectivity index (χ1v) is 10.6. The summed E-state index contributed by atoms with van der Waals surface area (Å²) in [7, 11) is -3.78. The van der Waals surface area contributed by atoms with Crippen LogP contribution in [0.15, 0.2) is 47.4 Å². The molecule has 0 atom stereocenters. The molecule has 3 aromatic rings. The van der Waals surface area contributed by atoms with Gasteiger partial charge in [0.1, 0.15) is 5.75 Å². The van der Waals surface area contributed by atoms with Gasteiger partial charge in [-0.3, -0.25) is 10.1 Å². The number of fused-ring (bicyclic) bond motifs is 1. The molecule has 0 unspecified atom stereocenters. The van der Waals surface area contributed by atoms with Crippen LogP contribution < -0.4 is 14.8 Å². The molecule has 0 aliphatic heterocycles. The van der Waals surface area contributed by atoms with E-state index < -0.39 is 15.9 Å². The molecule has 0 saturated heterocycles. The highest BCUT2D eigenvalue weighted by molar-refractivity contribution is 7.89. The fraction of sp³-hybridized carbons (Fsp3) is 0.158. The fourth-order valence-electron chi connectivity index (χ4n) is 2.41. The Bertz CT molecular complexity index is 1160. The van der Waals surface area contributed by atoms with Crippen LogP contribution in [0.4, 0.5) is 5.13 Å². The van der Waals surface area contributed by atoms with Gasteiger partial charge in [0.15, 0.2) is 5.13 Å². The van der Waals surface area contributed by atoms with Crippen molar-refractivity contribution in [3.63, 3.8) is 0 Å². The summed E-state index contributed by atoms with van der Waals surface area (Å²) in [5.74, 6) is 2.47. The molecule has 1 aromatic heterocycles. The molecule has 1 heterocycles. The van der Waals surface area contributed by atoms with Crippen molar-refractivity contribution in [2.75, 3.05) is 18.5 Å². The molecule has 2 aromatic carbocycles. The molecule has 1 amide bonds. The molecule has 0 aliphatic carbocycles. The number of benzene rings is 2. The van der Waals surface area contributed by atoms with E-state index in [1.165, 1.54) is 35.6 Å². The van der Waals surface area contributed by atoms with Crippen molar-refractivity contribution in [3.05, 3.63) is 48.0 Å². The Kier molecular flexibility index (Phi) is 5.94. The number of ether oxygens (including phenoxy) is 1. The van der Waals surface area contributed by atoms with E-state index in [4.69, 9.17) is 11.2 Å². The number of anilines is 1. The quantitative estimate of drug-likeness (QED) is 0.579. The average Bonchev–Trinajstić information content (AvgIpc) is 3.08. The number of amides is 1. The maximum absolute atomic E-state index is 12.5. The molecule has 3 rings (SSSR count). The lowest BCUT2D eigenvalue weighted by Gasteiger charge is -2.06. The number of hydrogen-bond acceptors (Lipinski definition) is 6. The van der Waals surface area contributed by atoms with Crippen LogP contribution in [0, 0.1) is 12.3 Å². The van der Waals surface area contributed by atoms with Gasteiger partial charge in [-0.05, 0) is 43.3 Å². The highest BCUT2D eigenvalue weighted by atomic mass is 32.2. The largest absolute Gasteiger partial charge is 0.494 e. The molecule has 0 radical (unpaired) electrons. The average molecular weight is 415 g/mol. The van der Waals surface area contributed by atoms with E-state index in [1.807, 2.05) is 25.1 Å². The minimum Gasteiger partial charge on any atom is -0.494 e. The predicted molar refractivity (Wildman–Crippen MR) is 109 cm³/mol.